The van der Waals surface area contributed by atoms with E-state index in [4.69, 9.17) is 4.98 Å². The van der Waals surface area contributed by atoms with Crippen molar-refractivity contribution in [2.24, 2.45) is 0 Å². The SMILES string of the molecule is Cc1sc(CCNC2CCCCC2)nc1-c1cccs1. The van der Waals surface area contributed by atoms with Gasteiger partial charge in [0.2, 0.25) is 0 Å². The van der Waals surface area contributed by atoms with Gasteiger partial charge in [0.25, 0.3) is 0 Å². The first-order chi connectivity index (χ1) is 9.83. The molecule has 2 nitrogen and oxygen atoms in total. The molecule has 1 N–H and O–H groups in total. The van der Waals surface area contributed by atoms with E-state index in [0.29, 0.717) is 0 Å². The highest BCUT2D eigenvalue weighted by atomic mass is 32.1. The van der Waals surface area contributed by atoms with Crippen LogP contribution in [0.15, 0.2) is 17.5 Å². The molecule has 4 heteroatoms. The van der Waals surface area contributed by atoms with E-state index in [1.165, 1.54) is 52.6 Å². The van der Waals surface area contributed by atoms with E-state index in [9.17, 15) is 0 Å². The molecule has 108 valence electrons. The number of aryl methyl sites for hydroxylation is 1. The molecule has 20 heavy (non-hydrogen) atoms. The third kappa shape index (κ3) is 3.48. The Kier molecular flexibility index (Phi) is 4.86. The summed E-state index contributed by atoms with van der Waals surface area (Å²) in [6.07, 6.45) is 8.00. The number of thiazole rings is 1. The number of hydrogen-bond donors (Lipinski definition) is 1. The first-order valence-electron chi connectivity index (χ1n) is 7.56. The summed E-state index contributed by atoms with van der Waals surface area (Å²) in [6, 6.07) is 5.02. The second kappa shape index (κ2) is 6.83. The van der Waals surface area contributed by atoms with Gasteiger partial charge in [-0.05, 0) is 31.2 Å². The number of hydrogen-bond acceptors (Lipinski definition) is 4. The van der Waals surface area contributed by atoms with Crippen LogP contribution in [0.1, 0.15) is 42.0 Å². The summed E-state index contributed by atoms with van der Waals surface area (Å²) >= 11 is 3.63. The van der Waals surface area contributed by atoms with Crippen molar-refractivity contribution in [3.8, 4) is 10.6 Å². The highest BCUT2D eigenvalue weighted by Crippen LogP contribution is 2.30. The van der Waals surface area contributed by atoms with Crippen LogP contribution in [-0.2, 0) is 6.42 Å². The van der Waals surface area contributed by atoms with Crippen LogP contribution in [0.2, 0.25) is 0 Å². The Labute approximate surface area is 129 Å². The highest BCUT2D eigenvalue weighted by Gasteiger charge is 2.13. The Bertz CT molecular complexity index is 525. The zero-order valence-corrected chi connectivity index (χ0v) is 13.7. The summed E-state index contributed by atoms with van der Waals surface area (Å²) in [5.41, 5.74) is 1.19. The smallest absolute Gasteiger partial charge is 0.0948 e. The fraction of sp³-hybridized carbons (Fsp3) is 0.562. The van der Waals surface area contributed by atoms with E-state index in [0.717, 1.165) is 19.0 Å². The van der Waals surface area contributed by atoms with Crippen molar-refractivity contribution in [3.63, 3.8) is 0 Å². The number of aromatic nitrogens is 1. The Balaban J connectivity index is 1.54. The van der Waals surface area contributed by atoms with E-state index >= 15 is 0 Å². The molecule has 3 rings (SSSR count). The van der Waals surface area contributed by atoms with Gasteiger partial charge in [-0.3, -0.25) is 0 Å². The average Bonchev–Trinajstić information content (AvgIpc) is 3.09. The van der Waals surface area contributed by atoms with Crippen LogP contribution in [0.25, 0.3) is 10.6 Å². The molecule has 2 aromatic heterocycles. The number of rotatable bonds is 5. The standard InChI is InChI=1S/C16H22N2S2/c1-12-16(14-8-5-11-19-14)18-15(20-12)9-10-17-13-6-3-2-4-7-13/h5,8,11,13,17H,2-4,6-7,9-10H2,1H3. The van der Waals surface area contributed by atoms with Gasteiger partial charge in [0.15, 0.2) is 0 Å². The fourth-order valence-electron chi connectivity index (χ4n) is 2.89. The van der Waals surface area contributed by atoms with Gasteiger partial charge in [0.1, 0.15) is 0 Å². The lowest BCUT2D eigenvalue weighted by molar-refractivity contribution is 0.375. The minimum absolute atomic E-state index is 0.751. The maximum Gasteiger partial charge on any atom is 0.0948 e. The molecular formula is C16H22N2S2. The van der Waals surface area contributed by atoms with Gasteiger partial charge in [0, 0.05) is 23.9 Å². The second-order valence-electron chi connectivity index (χ2n) is 5.53. The molecule has 0 spiro atoms. The first kappa shape index (κ1) is 14.2. The van der Waals surface area contributed by atoms with Crippen molar-refractivity contribution < 1.29 is 0 Å². The van der Waals surface area contributed by atoms with E-state index < -0.39 is 0 Å². The van der Waals surface area contributed by atoms with Gasteiger partial charge in [-0.25, -0.2) is 4.98 Å². The maximum absolute atomic E-state index is 4.82. The quantitative estimate of drug-likeness (QED) is 0.870. The molecule has 0 bridgehead atoms. The van der Waals surface area contributed by atoms with E-state index in [1.54, 1.807) is 11.3 Å². The lowest BCUT2D eigenvalue weighted by Gasteiger charge is -2.22. The Morgan fingerprint density at radius 2 is 2.15 bits per heavy atom. The summed E-state index contributed by atoms with van der Waals surface area (Å²) in [4.78, 5) is 7.47. The molecule has 0 aliphatic heterocycles. The summed E-state index contributed by atoms with van der Waals surface area (Å²) in [5, 5.41) is 7.10. The molecular weight excluding hydrogens is 284 g/mol. The molecule has 0 saturated heterocycles. The van der Waals surface area contributed by atoms with E-state index in [1.807, 2.05) is 11.3 Å². The monoisotopic (exact) mass is 306 g/mol. The summed E-state index contributed by atoms with van der Waals surface area (Å²) in [7, 11) is 0. The average molecular weight is 306 g/mol. The molecule has 2 aromatic rings. The van der Waals surface area contributed by atoms with Crippen LogP contribution in [0, 0.1) is 6.92 Å². The van der Waals surface area contributed by atoms with Gasteiger partial charge >= 0.3 is 0 Å². The molecule has 1 fully saturated rings. The Morgan fingerprint density at radius 3 is 2.90 bits per heavy atom. The zero-order chi connectivity index (χ0) is 13.8. The summed E-state index contributed by atoms with van der Waals surface area (Å²) < 4.78 is 0. The van der Waals surface area contributed by atoms with Crippen LogP contribution in [0.3, 0.4) is 0 Å². The predicted octanol–water partition coefficient (Wildman–Crippen LogP) is 4.64. The third-order valence-corrected chi connectivity index (χ3v) is 5.88. The van der Waals surface area contributed by atoms with Crippen molar-refractivity contribution in [3.05, 3.63) is 27.4 Å². The molecule has 1 aliphatic carbocycles. The second-order valence-corrected chi connectivity index (χ2v) is 7.76. The van der Waals surface area contributed by atoms with Gasteiger partial charge in [-0.1, -0.05) is 25.3 Å². The Morgan fingerprint density at radius 1 is 1.30 bits per heavy atom. The summed E-state index contributed by atoms with van der Waals surface area (Å²) in [5.74, 6) is 0. The van der Waals surface area contributed by atoms with Crippen molar-refractivity contribution >= 4 is 22.7 Å². The zero-order valence-electron chi connectivity index (χ0n) is 12.0. The minimum atomic E-state index is 0.751. The molecule has 1 saturated carbocycles. The maximum atomic E-state index is 4.82. The molecule has 0 atom stereocenters. The highest BCUT2D eigenvalue weighted by molar-refractivity contribution is 7.15. The molecule has 0 radical (unpaired) electrons. The molecule has 2 heterocycles. The van der Waals surface area contributed by atoms with Gasteiger partial charge in [0.05, 0.1) is 15.6 Å². The predicted molar refractivity (Wildman–Crippen MR) is 88.7 cm³/mol. The van der Waals surface area contributed by atoms with Crippen LogP contribution in [-0.4, -0.2) is 17.6 Å². The normalized spacial score (nSPS) is 16.6. The van der Waals surface area contributed by atoms with Crippen LogP contribution >= 0.6 is 22.7 Å². The number of nitrogens with zero attached hydrogens (tertiary/aromatic N) is 1. The van der Waals surface area contributed by atoms with Crippen molar-refractivity contribution in [2.75, 3.05) is 6.54 Å². The third-order valence-electron chi connectivity index (χ3n) is 3.97. The lowest BCUT2D eigenvalue weighted by atomic mass is 9.95. The molecule has 0 amide bonds. The fourth-order valence-corrected chi connectivity index (χ4v) is 4.67. The number of nitrogens with one attached hydrogen (secondary N) is 1. The first-order valence-corrected chi connectivity index (χ1v) is 9.26. The van der Waals surface area contributed by atoms with Crippen LogP contribution < -0.4 is 5.32 Å². The van der Waals surface area contributed by atoms with E-state index in [2.05, 4.69) is 29.8 Å². The topological polar surface area (TPSA) is 24.9 Å². The van der Waals surface area contributed by atoms with Crippen LogP contribution in [0.5, 0.6) is 0 Å². The number of thiophene rings is 1. The van der Waals surface area contributed by atoms with Crippen molar-refractivity contribution in [1.29, 1.82) is 0 Å². The largest absolute Gasteiger partial charge is 0.314 e. The van der Waals surface area contributed by atoms with Crippen molar-refractivity contribution in [1.82, 2.24) is 10.3 Å². The molecule has 0 aromatic carbocycles. The van der Waals surface area contributed by atoms with Gasteiger partial charge in [-0.2, -0.15) is 0 Å². The molecule has 0 unspecified atom stereocenters. The minimum Gasteiger partial charge on any atom is -0.314 e. The summed E-state index contributed by atoms with van der Waals surface area (Å²) in [6.45, 7) is 3.26. The Hall–Kier alpha value is -0.710. The van der Waals surface area contributed by atoms with Crippen LogP contribution in [0.4, 0.5) is 0 Å². The van der Waals surface area contributed by atoms with Crippen molar-refractivity contribution in [2.45, 2.75) is 51.5 Å². The van der Waals surface area contributed by atoms with E-state index in [-0.39, 0.29) is 0 Å². The lowest BCUT2D eigenvalue weighted by Crippen LogP contribution is -2.32. The van der Waals surface area contributed by atoms with Gasteiger partial charge in [-0.15, -0.1) is 22.7 Å². The molecule has 1 aliphatic rings. The van der Waals surface area contributed by atoms with Gasteiger partial charge < -0.3 is 5.32 Å².